The number of hydrogen-bond donors (Lipinski definition) is 1. The molecule has 0 aliphatic rings. The minimum atomic E-state index is 0.154. The molecule has 0 saturated carbocycles. The standard InChI is InChI=1S/C17H31NO/c1-6-8-9-10-11-13-17(19-14(3)4)16(12-7-2)15(5)18/h11,13-14H,5-10,12,18H2,1-4H3/b13-11+,17-16+. The fraction of sp³-hybridized carbons (Fsp3) is 0.647. The lowest BCUT2D eigenvalue weighted by molar-refractivity contribution is 0.155. The average Bonchev–Trinajstić information content (AvgIpc) is 2.33. The Morgan fingerprint density at radius 2 is 1.89 bits per heavy atom. The van der Waals surface area contributed by atoms with Crippen LogP contribution in [0.15, 0.2) is 35.8 Å². The Hall–Kier alpha value is -1.18. The van der Waals surface area contributed by atoms with Crippen LogP contribution in [0.4, 0.5) is 0 Å². The van der Waals surface area contributed by atoms with Crippen molar-refractivity contribution in [3.8, 4) is 0 Å². The van der Waals surface area contributed by atoms with Gasteiger partial charge >= 0.3 is 0 Å². The van der Waals surface area contributed by atoms with Gasteiger partial charge in [0.15, 0.2) is 0 Å². The lowest BCUT2D eigenvalue weighted by Crippen LogP contribution is -2.08. The Balaban J connectivity index is 4.85. The van der Waals surface area contributed by atoms with E-state index in [1.54, 1.807) is 0 Å². The monoisotopic (exact) mass is 265 g/mol. The van der Waals surface area contributed by atoms with Gasteiger partial charge < -0.3 is 10.5 Å². The van der Waals surface area contributed by atoms with Gasteiger partial charge in [0.1, 0.15) is 5.76 Å². The van der Waals surface area contributed by atoms with E-state index in [0.717, 1.165) is 30.6 Å². The largest absolute Gasteiger partial charge is 0.491 e. The molecule has 2 nitrogen and oxygen atoms in total. The maximum atomic E-state index is 5.89. The lowest BCUT2D eigenvalue weighted by Gasteiger charge is -2.16. The van der Waals surface area contributed by atoms with Gasteiger partial charge in [-0.1, -0.05) is 45.8 Å². The van der Waals surface area contributed by atoms with Crippen LogP contribution in [-0.4, -0.2) is 6.10 Å². The van der Waals surface area contributed by atoms with Gasteiger partial charge in [0.2, 0.25) is 0 Å². The van der Waals surface area contributed by atoms with Gasteiger partial charge in [-0.05, 0) is 39.2 Å². The van der Waals surface area contributed by atoms with Crippen LogP contribution in [0.2, 0.25) is 0 Å². The van der Waals surface area contributed by atoms with Crippen LogP contribution in [0.5, 0.6) is 0 Å². The molecule has 0 aromatic carbocycles. The van der Waals surface area contributed by atoms with Crippen LogP contribution in [0.3, 0.4) is 0 Å². The van der Waals surface area contributed by atoms with Crippen LogP contribution >= 0.6 is 0 Å². The van der Waals surface area contributed by atoms with E-state index in [1.165, 1.54) is 19.3 Å². The molecule has 2 heteroatoms. The van der Waals surface area contributed by atoms with E-state index >= 15 is 0 Å². The summed E-state index contributed by atoms with van der Waals surface area (Å²) in [5.41, 5.74) is 7.55. The van der Waals surface area contributed by atoms with Crippen LogP contribution in [-0.2, 0) is 4.74 Å². The number of allylic oxidation sites excluding steroid dienone is 3. The first kappa shape index (κ1) is 17.8. The Kier molecular flexibility index (Phi) is 10.1. The lowest BCUT2D eigenvalue weighted by atomic mass is 10.1. The van der Waals surface area contributed by atoms with E-state index in [0.29, 0.717) is 5.70 Å². The normalized spacial score (nSPS) is 12.9. The fourth-order valence-corrected chi connectivity index (χ4v) is 1.86. The third-order valence-corrected chi connectivity index (χ3v) is 2.79. The summed E-state index contributed by atoms with van der Waals surface area (Å²) in [5, 5.41) is 0. The Morgan fingerprint density at radius 1 is 1.21 bits per heavy atom. The van der Waals surface area contributed by atoms with E-state index in [-0.39, 0.29) is 6.10 Å². The van der Waals surface area contributed by atoms with Crippen molar-refractivity contribution in [3.63, 3.8) is 0 Å². The first-order chi connectivity index (χ1) is 9.02. The number of unbranched alkanes of at least 4 members (excludes halogenated alkanes) is 3. The summed E-state index contributed by atoms with van der Waals surface area (Å²) in [4.78, 5) is 0. The molecule has 2 N–H and O–H groups in total. The molecule has 0 rings (SSSR count). The molecule has 0 spiro atoms. The first-order valence-corrected chi connectivity index (χ1v) is 7.53. The molecule has 0 atom stereocenters. The van der Waals surface area contributed by atoms with Gasteiger partial charge in [-0.2, -0.15) is 0 Å². The van der Waals surface area contributed by atoms with Crippen molar-refractivity contribution in [3.05, 3.63) is 35.8 Å². The highest BCUT2D eigenvalue weighted by atomic mass is 16.5. The quantitative estimate of drug-likeness (QED) is 0.340. The van der Waals surface area contributed by atoms with Gasteiger partial charge in [0.25, 0.3) is 0 Å². The van der Waals surface area contributed by atoms with Crippen molar-refractivity contribution in [1.82, 2.24) is 0 Å². The molecular formula is C17H31NO. The highest BCUT2D eigenvalue weighted by Gasteiger charge is 2.08. The van der Waals surface area contributed by atoms with Crippen molar-refractivity contribution >= 4 is 0 Å². The second kappa shape index (κ2) is 10.7. The van der Waals surface area contributed by atoms with E-state index in [4.69, 9.17) is 10.5 Å². The Labute approximate surface area is 119 Å². The van der Waals surface area contributed by atoms with Crippen LogP contribution in [0.1, 0.15) is 66.2 Å². The van der Waals surface area contributed by atoms with Gasteiger partial charge in [-0.15, -0.1) is 0 Å². The smallest absolute Gasteiger partial charge is 0.124 e. The average molecular weight is 265 g/mol. The number of rotatable bonds is 10. The zero-order chi connectivity index (χ0) is 14.7. The van der Waals surface area contributed by atoms with Crippen LogP contribution < -0.4 is 5.73 Å². The number of hydrogen-bond acceptors (Lipinski definition) is 2. The molecule has 0 radical (unpaired) electrons. The predicted octanol–water partition coefficient (Wildman–Crippen LogP) is 5.07. The first-order valence-electron chi connectivity index (χ1n) is 7.53. The van der Waals surface area contributed by atoms with Crippen molar-refractivity contribution < 1.29 is 4.74 Å². The maximum Gasteiger partial charge on any atom is 0.124 e. The molecule has 110 valence electrons. The minimum Gasteiger partial charge on any atom is -0.491 e. The topological polar surface area (TPSA) is 35.2 Å². The summed E-state index contributed by atoms with van der Waals surface area (Å²) in [6, 6.07) is 0. The third kappa shape index (κ3) is 8.52. The highest BCUT2D eigenvalue weighted by molar-refractivity contribution is 5.33. The minimum absolute atomic E-state index is 0.154. The Morgan fingerprint density at radius 3 is 2.37 bits per heavy atom. The molecule has 0 aliphatic carbocycles. The van der Waals surface area contributed by atoms with E-state index in [9.17, 15) is 0 Å². The summed E-state index contributed by atoms with van der Waals surface area (Å²) in [6.45, 7) is 12.3. The van der Waals surface area contributed by atoms with Crippen molar-refractivity contribution in [2.45, 2.75) is 72.3 Å². The van der Waals surface area contributed by atoms with E-state index < -0.39 is 0 Å². The SMILES string of the molecule is C=C(N)/C(CCC)=C(\C=C\CCCCC)OC(C)C. The fourth-order valence-electron chi connectivity index (χ4n) is 1.86. The molecule has 19 heavy (non-hydrogen) atoms. The van der Waals surface area contributed by atoms with Gasteiger partial charge in [-0.25, -0.2) is 0 Å². The molecule has 0 unspecified atom stereocenters. The number of ether oxygens (including phenoxy) is 1. The molecule has 0 saturated heterocycles. The van der Waals surface area contributed by atoms with Gasteiger partial charge in [-0.3, -0.25) is 0 Å². The second-order valence-electron chi connectivity index (χ2n) is 5.18. The molecule has 0 amide bonds. The summed E-state index contributed by atoms with van der Waals surface area (Å²) in [7, 11) is 0. The predicted molar refractivity (Wildman–Crippen MR) is 84.8 cm³/mol. The van der Waals surface area contributed by atoms with E-state index in [2.05, 4.69) is 32.6 Å². The summed E-state index contributed by atoms with van der Waals surface area (Å²) < 4.78 is 5.88. The van der Waals surface area contributed by atoms with Gasteiger partial charge in [0, 0.05) is 11.3 Å². The zero-order valence-electron chi connectivity index (χ0n) is 13.2. The Bertz CT molecular complexity index is 313. The van der Waals surface area contributed by atoms with Crippen LogP contribution in [0, 0.1) is 0 Å². The zero-order valence-corrected chi connectivity index (χ0v) is 13.2. The summed E-state index contributed by atoms with van der Waals surface area (Å²) in [5.74, 6) is 0.890. The molecule has 0 fully saturated rings. The molecule has 0 aromatic rings. The maximum absolute atomic E-state index is 5.89. The van der Waals surface area contributed by atoms with E-state index in [1.807, 2.05) is 13.8 Å². The van der Waals surface area contributed by atoms with Crippen molar-refractivity contribution in [1.29, 1.82) is 0 Å². The second-order valence-corrected chi connectivity index (χ2v) is 5.18. The van der Waals surface area contributed by atoms with Crippen molar-refractivity contribution in [2.24, 2.45) is 5.73 Å². The summed E-state index contributed by atoms with van der Waals surface area (Å²) >= 11 is 0. The van der Waals surface area contributed by atoms with Crippen LogP contribution in [0.25, 0.3) is 0 Å². The highest BCUT2D eigenvalue weighted by Crippen LogP contribution is 2.20. The third-order valence-electron chi connectivity index (χ3n) is 2.79. The number of nitrogens with two attached hydrogens (primary N) is 1. The summed E-state index contributed by atoms with van der Waals surface area (Å²) in [6.07, 6.45) is 11.2. The van der Waals surface area contributed by atoms with Gasteiger partial charge in [0.05, 0.1) is 6.10 Å². The molecule has 0 aliphatic heterocycles. The molecule has 0 aromatic heterocycles. The molecule has 0 heterocycles. The molecule has 0 bridgehead atoms. The molecular weight excluding hydrogens is 234 g/mol. The van der Waals surface area contributed by atoms with Crippen molar-refractivity contribution in [2.75, 3.05) is 0 Å².